The fourth-order valence-electron chi connectivity index (χ4n) is 2.29. The Morgan fingerprint density at radius 2 is 2.18 bits per heavy atom. The Bertz CT molecular complexity index is 342. The van der Waals surface area contributed by atoms with Crippen molar-refractivity contribution in [3.05, 3.63) is 16.1 Å². The van der Waals surface area contributed by atoms with Crippen LogP contribution in [0.5, 0.6) is 0 Å². The minimum Gasteiger partial charge on any atom is -0.317 e. The lowest BCUT2D eigenvalue weighted by Gasteiger charge is -2.31. The molecule has 1 aromatic heterocycles. The lowest BCUT2D eigenvalue weighted by atomic mass is 10.1. The summed E-state index contributed by atoms with van der Waals surface area (Å²) in [6.07, 6.45) is 4.59. The molecule has 1 aliphatic rings. The third-order valence-corrected chi connectivity index (χ3v) is 4.69. The summed E-state index contributed by atoms with van der Waals surface area (Å²) in [6, 6.07) is 0.737. The third-order valence-electron chi connectivity index (χ3n) is 3.40. The number of nitrogens with one attached hydrogen (secondary N) is 1. The SMILES string of the molecule is CC(C)c1ncc(CN(C)C2CCNCC2)s1. The van der Waals surface area contributed by atoms with Gasteiger partial charge in [0.1, 0.15) is 0 Å². The van der Waals surface area contributed by atoms with Crippen molar-refractivity contribution < 1.29 is 0 Å². The van der Waals surface area contributed by atoms with Gasteiger partial charge < -0.3 is 5.32 Å². The van der Waals surface area contributed by atoms with Crippen LogP contribution in [0.25, 0.3) is 0 Å². The molecule has 0 bridgehead atoms. The molecule has 0 spiro atoms. The summed E-state index contributed by atoms with van der Waals surface area (Å²) in [7, 11) is 2.24. The molecule has 1 saturated heterocycles. The topological polar surface area (TPSA) is 28.2 Å². The summed E-state index contributed by atoms with van der Waals surface area (Å²) in [4.78, 5) is 8.38. The molecule has 0 aliphatic carbocycles. The van der Waals surface area contributed by atoms with Crippen molar-refractivity contribution in [1.29, 1.82) is 0 Å². The third kappa shape index (κ3) is 3.50. The Kier molecular flexibility index (Phi) is 4.54. The van der Waals surface area contributed by atoms with Crippen molar-refractivity contribution in [1.82, 2.24) is 15.2 Å². The highest BCUT2D eigenvalue weighted by molar-refractivity contribution is 7.11. The van der Waals surface area contributed by atoms with E-state index >= 15 is 0 Å². The van der Waals surface area contributed by atoms with Crippen LogP contribution in [0, 0.1) is 0 Å². The molecular formula is C13H23N3S. The maximum absolute atomic E-state index is 4.49. The molecule has 17 heavy (non-hydrogen) atoms. The van der Waals surface area contributed by atoms with Crippen LogP contribution in [0.3, 0.4) is 0 Å². The zero-order valence-electron chi connectivity index (χ0n) is 11.1. The van der Waals surface area contributed by atoms with Gasteiger partial charge in [0.05, 0.1) is 5.01 Å². The maximum Gasteiger partial charge on any atom is 0.0953 e. The van der Waals surface area contributed by atoms with E-state index in [1.807, 2.05) is 11.3 Å². The highest BCUT2D eigenvalue weighted by atomic mass is 32.1. The Morgan fingerprint density at radius 1 is 1.47 bits per heavy atom. The predicted molar refractivity (Wildman–Crippen MR) is 73.6 cm³/mol. The molecule has 0 radical (unpaired) electrons. The van der Waals surface area contributed by atoms with Crippen molar-refractivity contribution >= 4 is 11.3 Å². The van der Waals surface area contributed by atoms with E-state index in [0.29, 0.717) is 5.92 Å². The van der Waals surface area contributed by atoms with E-state index in [0.717, 1.165) is 25.7 Å². The van der Waals surface area contributed by atoms with Gasteiger partial charge >= 0.3 is 0 Å². The van der Waals surface area contributed by atoms with Crippen LogP contribution in [0.1, 0.15) is 42.5 Å². The van der Waals surface area contributed by atoms with Gasteiger partial charge in [-0.25, -0.2) is 4.98 Å². The number of nitrogens with zero attached hydrogens (tertiary/aromatic N) is 2. The Hall–Kier alpha value is -0.450. The second-order valence-electron chi connectivity index (χ2n) is 5.22. The van der Waals surface area contributed by atoms with Gasteiger partial charge in [-0.1, -0.05) is 13.8 Å². The van der Waals surface area contributed by atoms with Gasteiger partial charge in [-0.05, 0) is 33.0 Å². The second-order valence-corrected chi connectivity index (χ2v) is 6.36. The molecule has 1 aromatic rings. The van der Waals surface area contributed by atoms with Crippen LogP contribution in [0.15, 0.2) is 6.20 Å². The second kappa shape index (κ2) is 5.94. The number of piperidine rings is 1. The highest BCUT2D eigenvalue weighted by Gasteiger charge is 2.18. The number of hydrogen-bond donors (Lipinski definition) is 1. The van der Waals surface area contributed by atoms with E-state index in [2.05, 4.69) is 42.3 Å². The minimum absolute atomic E-state index is 0.554. The van der Waals surface area contributed by atoms with Crippen molar-refractivity contribution in [2.24, 2.45) is 0 Å². The summed E-state index contributed by atoms with van der Waals surface area (Å²) in [5.41, 5.74) is 0. The van der Waals surface area contributed by atoms with Gasteiger partial charge in [0.2, 0.25) is 0 Å². The number of aromatic nitrogens is 1. The first kappa shape index (κ1) is 13.0. The van der Waals surface area contributed by atoms with E-state index in [-0.39, 0.29) is 0 Å². The van der Waals surface area contributed by atoms with Crippen LogP contribution in [-0.4, -0.2) is 36.1 Å². The molecule has 1 aliphatic heterocycles. The fraction of sp³-hybridized carbons (Fsp3) is 0.769. The first-order chi connectivity index (χ1) is 8.16. The lowest BCUT2D eigenvalue weighted by Crippen LogP contribution is -2.40. The monoisotopic (exact) mass is 253 g/mol. The molecule has 0 unspecified atom stereocenters. The quantitative estimate of drug-likeness (QED) is 0.893. The molecule has 2 rings (SSSR count). The van der Waals surface area contributed by atoms with Crippen LogP contribution in [-0.2, 0) is 6.54 Å². The maximum atomic E-state index is 4.49. The first-order valence-corrected chi connectivity index (χ1v) is 7.34. The lowest BCUT2D eigenvalue weighted by molar-refractivity contribution is 0.193. The molecule has 0 atom stereocenters. The van der Waals surface area contributed by atoms with Crippen LogP contribution in [0.2, 0.25) is 0 Å². The summed E-state index contributed by atoms with van der Waals surface area (Å²) in [5.74, 6) is 0.554. The van der Waals surface area contributed by atoms with Crippen molar-refractivity contribution in [3.63, 3.8) is 0 Å². The molecule has 3 nitrogen and oxygen atoms in total. The van der Waals surface area contributed by atoms with Gasteiger partial charge in [0.25, 0.3) is 0 Å². The van der Waals surface area contributed by atoms with Gasteiger partial charge in [0, 0.05) is 29.6 Å². The van der Waals surface area contributed by atoms with Crippen molar-refractivity contribution in [2.75, 3.05) is 20.1 Å². The van der Waals surface area contributed by atoms with Crippen molar-refractivity contribution in [2.45, 2.75) is 45.2 Å². The Labute approximate surface area is 108 Å². The van der Waals surface area contributed by atoms with E-state index in [1.165, 1.54) is 22.7 Å². The predicted octanol–water partition coefficient (Wildman–Crippen LogP) is 2.45. The van der Waals surface area contributed by atoms with Crippen molar-refractivity contribution in [3.8, 4) is 0 Å². The summed E-state index contributed by atoms with van der Waals surface area (Å²) >= 11 is 1.86. The van der Waals surface area contributed by atoms with Gasteiger partial charge in [-0.3, -0.25) is 4.90 Å². The average Bonchev–Trinajstić information content (AvgIpc) is 2.79. The van der Waals surface area contributed by atoms with Gasteiger partial charge in [-0.15, -0.1) is 11.3 Å². The zero-order chi connectivity index (χ0) is 12.3. The molecule has 4 heteroatoms. The van der Waals surface area contributed by atoms with E-state index < -0.39 is 0 Å². The standard InChI is InChI=1S/C13H23N3S/c1-10(2)13-15-8-12(17-13)9-16(3)11-4-6-14-7-5-11/h8,10-11,14H,4-7,9H2,1-3H3. The molecule has 2 heterocycles. The molecule has 1 N–H and O–H groups in total. The summed E-state index contributed by atoms with van der Waals surface area (Å²) in [5, 5.41) is 4.68. The molecule has 0 saturated carbocycles. The number of thiazole rings is 1. The summed E-state index contributed by atoms with van der Waals surface area (Å²) < 4.78 is 0. The van der Waals surface area contributed by atoms with E-state index in [9.17, 15) is 0 Å². The molecule has 0 amide bonds. The molecule has 0 aromatic carbocycles. The number of hydrogen-bond acceptors (Lipinski definition) is 4. The molecular weight excluding hydrogens is 230 g/mol. The largest absolute Gasteiger partial charge is 0.317 e. The van der Waals surface area contributed by atoms with Crippen LogP contribution >= 0.6 is 11.3 Å². The highest BCUT2D eigenvalue weighted by Crippen LogP contribution is 2.23. The normalized spacial score (nSPS) is 18.2. The smallest absolute Gasteiger partial charge is 0.0953 e. The van der Waals surface area contributed by atoms with Crippen LogP contribution in [0.4, 0.5) is 0 Å². The van der Waals surface area contributed by atoms with Gasteiger partial charge in [-0.2, -0.15) is 0 Å². The molecule has 1 fully saturated rings. The van der Waals surface area contributed by atoms with E-state index in [4.69, 9.17) is 0 Å². The van der Waals surface area contributed by atoms with Crippen LogP contribution < -0.4 is 5.32 Å². The Morgan fingerprint density at radius 3 is 2.76 bits per heavy atom. The molecule has 96 valence electrons. The Balaban J connectivity index is 1.90. The fourth-order valence-corrected chi connectivity index (χ4v) is 3.27. The van der Waals surface area contributed by atoms with Gasteiger partial charge in [0.15, 0.2) is 0 Å². The average molecular weight is 253 g/mol. The van der Waals surface area contributed by atoms with E-state index in [1.54, 1.807) is 0 Å². The summed E-state index contributed by atoms with van der Waals surface area (Å²) in [6.45, 7) is 7.79. The minimum atomic E-state index is 0.554. The number of rotatable bonds is 4. The first-order valence-electron chi connectivity index (χ1n) is 6.52. The zero-order valence-corrected chi connectivity index (χ0v) is 11.9.